The third-order valence-electron chi connectivity index (χ3n) is 2.22. The highest BCUT2D eigenvalue weighted by Crippen LogP contribution is 2.23. The number of hydrogen-bond donors (Lipinski definition) is 1. The van der Waals surface area contributed by atoms with Crippen molar-refractivity contribution >= 4 is 33.0 Å². The molecular formula is C12H12BrNS. The third-order valence-corrected chi connectivity index (χ3v) is 3.91. The zero-order chi connectivity index (χ0) is 10.7. The summed E-state index contributed by atoms with van der Waals surface area (Å²) in [6.07, 6.45) is 1.01. The molecule has 1 nitrogen and oxygen atoms in total. The highest BCUT2D eigenvalue weighted by atomic mass is 79.9. The van der Waals surface area contributed by atoms with Crippen LogP contribution < -0.4 is 5.32 Å². The van der Waals surface area contributed by atoms with E-state index in [0.717, 1.165) is 6.42 Å². The maximum Gasteiger partial charge on any atom is 0.0340 e. The molecule has 0 aliphatic carbocycles. The third kappa shape index (κ3) is 2.83. The first-order chi connectivity index (χ1) is 7.28. The van der Waals surface area contributed by atoms with Crippen LogP contribution >= 0.6 is 27.3 Å². The van der Waals surface area contributed by atoms with Gasteiger partial charge in [-0.15, -0.1) is 11.3 Å². The highest BCUT2D eigenvalue weighted by Gasteiger charge is 2.00. The molecule has 1 heterocycles. The molecule has 0 amide bonds. The van der Waals surface area contributed by atoms with E-state index in [2.05, 4.69) is 57.0 Å². The second kappa shape index (κ2) is 4.81. The Balaban J connectivity index is 2.16. The number of anilines is 1. The first-order valence-corrected chi connectivity index (χ1v) is 6.45. The summed E-state index contributed by atoms with van der Waals surface area (Å²) in [4.78, 5) is 1.38. The van der Waals surface area contributed by atoms with Crippen LogP contribution in [-0.2, 0) is 6.42 Å². The van der Waals surface area contributed by atoms with E-state index in [0.29, 0.717) is 0 Å². The van der Waals surface area contributed by atoms with E-state index in [1.165, 1.54) is 20.6 Å². The number of benzene rings is 1. The van der Waals surface area contributed by atoms with Crippen LogP contribution in [0.3, 0.4) is 0 Å². The Bertz CT molecular complexity index is 450. The van der Waals surface area contributed by atoms with Gasteiger partial charge in [0.25, 0.3) is 0 Å². The van der Waals surface area contributed by atoms with Crippen molar-refractivity contribution in [3.8, 4) is 0 Å². The second-order valence-electron chi connectivity index (χ2n) is 3.36. The van der Waals surface area contributed by atoms with Crippen LogP contribution in [0.2, 0.25) is 0 Å². The predicted molar refractivity (Wildman–Crippen MR) is 70.8 cm³/mol. The van der Waals surface area contributed by atoms with Crippen LogP contribution in [-0.4, -0.2) is 7.05 Å². The summed E-state index contributed by atoms with van der Waals surface area (Å²) in [7, 11) is 1.95. The summed E-state index contributed by atoms with van der Waals surface area (Å²) >= 11 is 5.26. The zero-order valence-corrected chi connectivity index (χ0v) is 10.9. The molecule has 2 rings (SSSR count). The lowest BCUT2D eigenvalue weighted by molar-refractivity contribution is 1.24. The molecule has 3 heteroatoms. The first-order valence-electron chi connectivity index (χ1n) is 4.77. The fourth-order valence-corrected chi connectivity index (χ4v) is 2.97. The SMILES string of the molecule is CNc1cccc(Cc2cc(Br)cs2)c1. The minimum atomic E-state index is 1.01. The summed E-state index contributed by atoms with van der Waals surface area (Å²) in [5.41, 5.74) is 2.51. The van der Waals surface area contributed by atoms with E-state index >= 15 is 0 Å². The lowest BCUT2D eigenvalue weighted by Crippen LogP contribution is -1.90. The van der Waals surface area contributed by atoms with E-state index in [1.54, 1.807) is 11.3 Å². The van der Waals surface area contributed by atoms with Crippen molar-refractivity contribution in [1.82, 2.24) is 0 Å². The summed E-state index contributed by atoms with van der Waals surface area (Å²) in [6, 6.07) is 10.7. The molecule has 1 aromatic heterocycles. The van der Waals surface area contributed by atoms with Crippen LogP contribution in [0.4, 0.5) is 5.69 Å². The van der Waals surface area contributed by atoms with Gasteiger partial charge in [0.15, 0.2) is 0 Å². The van der Waals surface area contributed by atoms with Crippen molar-refractivity contribution in [2.75, 3.05) is 12.4 Å². The number of hydrogen-bond acceptors (Lipinski definition) is 2. The molecule has 1 aromatic carbocycles. The molecule has 78 valence electrons. The number of rotatable bonds is 3. The second-order valence-corrected chi connectivity index (χ2v) is 5.27. The Morgan fingerprint density at radius 3 is 2.87 bits per heavy atom. The van der Waals surface area contributed by atoms with Gasteiger partial charge in [0.1, 0.15) is 0 Å². The normalized spacial score (nSPS) is 10.3. The summed E-state index contributed by atoms with van der Waals surface area (Å²) in [5, 5.41) is 5.27. The van der Waals surface area contributed by atoms with Crippen molar-refractivity contribution in [3.05, 3.63) is 50.6 Å². The quantitative estimate of drug-likeness (QED) is 0.892. The van der Waals surface area contributed by atoms with E-state index < -0.39 is 0 Å². The van der Waals surface area contributed by atoms with Gasteiger partial charge < -0.3 is 5.32 Å². The molecule has 15 heavy (non-hydrogen) atoms. The van der Waals surface area contributed by atoms with Crippen LogP contribution in [0.5, 0.6) is 0 Å². The maximum atomic E-state index is 3.47. The topological polar surface area (TPSA) is 12.0 Å². The molecule has 2 aromatic rings. The van der Waals surface area contributed by atoms with Crippen molar-refractivity contribution in [1.29, 1.82) is 0 Å². The van der Waals surface area contributed by atoms with Gasteiger partial charge in [0, 0.05) is 33.9 Å². The highest BCUT2D eigenvalue weighted by molar-refractivity contribution is 9.10. The molecule has 0 aliphatic rings. The standard InChI is InChI=1S/C12H12BrNS/c1-14-11-4-2-3-9(5-11)6-12-7-10(13)8-15-12/h2-5,7-8,14H,6H2,1H3. The number of thiophene rings is 1. The Labute approximate surface area is 102 Å². The van der Waals surface area contributed by atoms with Crippen LogP contribution in [0, 0.1) is 0 Å². The van der Waals surface area contributed by atoms with Crippen molar-refractivity contribution < 1.29 is 0 Å². The Morgan fingerprint density at radius 1 is 1.33 bits per heavy atom. The minimum absolute atomic E-state index is 1.01. The van der Waals surface area contributed by atoms with Crippen molar-refractivity contribution in [3.63, 3.8) is 0 Å². The zero-order valence-electron chi connectivity index (χ0n) is 8.46. The van der Waals surface area contributed by atoms with E-state index in [9.17, 15) is 0 Å². The van der Waals surface area contributed by atoms with Crippen molar-refractivity contribution in [2.24, 2.45) is 0 Å². The fraction of sp³-hybridized carbons (Fsp3) is 0.167. The average Bonchev–Trinajstić information content (AvgIpc) is 2.64. The van der Waals surface area contributed by atoms with Gasteiger partial charge in [-0.3, -0.25) is 0 Å². The number of halogens is 1. The molecule has 0 aliphatic heterocycles. The Kier molecular flexibility index (Phi) is 3.44. The van der Waals surface area contributed by atoms with Crippen LogP contribution in [0.1, 0.15) is 10.4 Å². The molecule has 1 N–H and O–H groups in total. The average molecular weight is 282 g/mol. The molecular weight excluding hydrogens is 270 g/mol. The summed E-state index contributed by atoms with van der Waals surface area (Å²) in [5.74, 6) is 0. The van der Waals surface area contributed by atoms with Gasteiger partial charge in [-0.2, -0.15) is 0 Å². The predicted octanol–water partition coefficient (Wildman–Crippen LogP) is 4.14. The lowest BCUT2D eigenvalue weighted by Gasteiger charge is -2.03. The molecule has 0 unspecified atom stereocenters. The first kappa shape index (κ1) is 10.7. The van der Waals surface area contributed by atoms with Gasteiger partial charge in [0.2, 0.25) is 0 Å². The van der Waals surface area contributed by atoms with Crippen molar-refractivity contribution in [2.45, 2.75) is 6.42 Å². The van der Waals surface area contributed by atoms with Gasteiger partial charge >= 0.3 is 0 Å². The van der Waals surface area contributed by atoms with E-state index in [1.807, 2.05) is 7.05 Å². The largest absolute Gasteiger partial charge is 0.388 e. The number of nitrogens with one attached hydrogen (secondary N) is 1. The van der Waals surface area contributed by atoms with E-state index in [4.69, 9.17) is 0 Å². The monoisotopic (exact) mass is 281 g/mol. The maximum absolute atomic E-state index is 3.47. The van der Waals surface area contributed by atoms with Crippen LogP contribution in [0.25, 0.3) is 0 Å². The van der Waals surface area contributed by atoms with Gasteiger partial charge in [-0.05, 0) is 39.7 Å². The summed E-state index contributed by atoms with van der Waals surface area (Å²) in [6.45, 7) is 0. The van der Waals surface area contributed by atoms with Gasteiger partial charge in [-0.25, -0.2) is 0 Å². The van der Waals surface area contributed by atoms with Gasteiger partial charge in [-0.1, -0.05) is 12.1 Å². The van der Waals surface area contributed by atoms with Gasteiger partial charge in [0.05, 0.1) is 0 Å². The smallest absolute Gasteiger partial charge is 0.0340 e. The lowest BCUT2D eigenvalue weighted by atomic mass is 10.1. The Hall–Kier alpha value is -0.800. The molecule has 0 fully saturated rings. The van der Waals surface area contributed by atoms with Crippen LogP contribution in [0.15, 0.2) is 40.2 Å². The molecule has 0 spiro atoms. The Morgan fingerprint density at radius 2 is 2.20 bits per heavy atom. The fourth-order valence-electron chi connectivity index (χ4n) is 1.48. The molecule has 0 saturated heterocycles. The minimum Gasteiger partial charge on any atom is -0.388 e. The molecule has 0 saturated carbocycles. The molecule has 0 atom stereocenters. The van der Waals surface area contributed by atoms with E-state index in [-0.39, 0.29) is 0 Å². The summed E-state index contributed by atoms with van der Waals surface area (Å²) < 4.78 is 1.17. The molecule has 0 bridgehead atoms. The molecule has 0 radical (unpaired) electrons.